The van der Waals surface area contributed by atoms with Crippen LogP contribution in [-0.2, 0) is 0 Å². The van der Waals surface area contributed by atoms with Crippen LogP contribution in [0.5, 0.6) is 0 Å². The molecule has 0 bridgehead atoms. The molecule has 0 aromatic heterocycles. The smallest absolute Gasteiger partial charge is 0.0348 e. The van der Waals surface area contributed by atoms with Crippen molar-refractivity contribution in [3.63, 3.8) is 0 Å². The molecule has 0 radical (unpaired) electrons. The minimum atomic E-state index is 1.10. The topological polar surface area (TPSA) is 0 Å². The van der Waals surface area contributed by atoms with Gasteiger partial charge in [-0.15, -0.1) is 0 Å². The molecule has 1 aromatic carbocycles. The first-order valence-corrected chi connectivity index (χ1v) is 6.85. The van der Waals surface area contributed by atoms with Gasteiger partial charge in [-0.2, -0.15) is 0 Å². The Morgan fingerprint density at radius 3 is 2.27 bits per heavy atom. The van der Waals surface area contributed by atoms with Crippen LogP contribution in [0.3, 0.4) is 0 Å². The van der Waals surface area contributed by atoms with Crippen LogP contribution in [0.25, 0.3) is 4.48 Å². The maximum absolute atomic E-state index is 3.64. The summed E-state index contributed by atoms with van der Waals surface area (Å²) in [6, 6.07) is 8.56. The predicted octanol–water partition coefficient (Wildman–Crippen LogP) is 5.64. The number of benzene rings is 1. The molecule has 1 rings (SSSR count). The Morgan fingerprint density at radius 2 is 1.73 bits per heavy atom. The standard InChI is InChI=1S/C13H16Br2/c1-3-4-5-12(14)13(15)11-8-6-10(2)7-9-11/h6-9H,3-5H2,1-2H3/b13-12+. The Kier molecular flexibility index (Phi) is 5.62. The molecular weight excluding hydrogens is 316 g/mol. The molecule has 0 nitrogen and oxygen atoms in total. The molecule has 0 N–H and O–H groups in total. The van der Waals surface area contributed by atoms with Crippen LogP contribution < -0.4 is 0 Å². The van der Waals surface area contributed by atoms with Crippen LogP contribution in [0.4, 0.5) is 0 Å². The van der Waals surface area contributed by atoms with E-state index in [-0.39, 0.29) is 0 Å². The fraction of sp³-hybridized carbons (Fsp3) is 0.385. The average Bonchev–Trinajstić information content (AvgIpc) is 2.26. The van der Waals surface area contributed by atoms with Crippen LogP contribution >= 0.6 is 31.9 Å². The lowest BCUT2D eigenvalue weighted by molar-refractivity contribution is 0.812. The molecule has 0 aliphatic rings. The van der Waals surface area contributed by atoms with Crippen LogP contribution in [-0.4, -0.2) is 0 Å². The normalized spacial score (nSPS) is 12.5. The third-order valence-electron chi connectivity index (χ3n) is 2.29. The van der Waals surface area contributed by atoms with E-state index in [9.17, 15) is 0 Å². The van der Waals surface area contributed by atoms with Crippen molar-refractivity contribution in [1.82, 2.24) is 0 Å². The molecule has 0 aliphatic heterocycles. The molecule has 0 saturated heterocycles. The second kappa shape index (κ2) is 6.49. The van der Waals surface area contributed by atoms with Crippen LogP contribution in [0.2, 0.25) is 0 Å². The molecular formula is C13H16Br2. The van der Waals surface area contributed by atoms with Crippen molar-refractivity contribution < 1.29 is 0 Å². The number of rotatable bonds is 4. The lowest BCUT2D eigenvalue weighted by Gasteiger charge is -2.05. The molecule has 0 spiro atoms. The number of hydrogen-bond acceptors (Lipinski definition) is 0. The van der Waals surface area contributed by atoms with Crippen molar-refractivity contribution in [3.05, 3.63) is 39.9 Å². The van der Waals surface area contributed by atoms with Gasteiger partial charge in [0.05, 0.1) is 0 Å². The molecule has 15 heavy (non-hydrogen) atoms. The summed E-state index contributed by atoms with van der Waals surface area (Å²) in [5.74, 6) is 0. The van der Waals surface area contributed by atoms with Crippen molar-refractivity contribution in [2.24, 2.45) is 0 Å². The fourth-order valence-corrected chi connectivity index (χ4v) is 2.27. The highest BCUT2D eigenvalue weighted by Gasteiger charge is 2.03. The van der Waals surface area contributed by atoms with E-state index in [4.69, 9.17) is 0 Å². The summed E-state index contributed by atoms with van der Waals surface area (Å²) in [6.07, 6.45) is 3.55. The Balaban J connectivity index is 2.82. The van der Waals surface area contributed by atoms with Gasteiger partial charge in [0, 0.05) is 8.96 Å². The molecule has 2 heteroatoms. The van der Waals surface area contributed by atoms with Crippen molar-refractivity contribution in [2.45, 2.75) is 33.1 Å². The summed E-state index contributed by atoms with van der Waals surface area (Å²) in [6.45, 7) is 4.31. The second-order valence-electron chi connectivity index (χ2n) is 3.69. The molecule has 0 saturated carbocycles. The summed E-state index contributed by atoms with van der Waals surface area (Å²) in [7, 11) is 0. The first kappa shape index (κ1) is 13.0. The highest BCUT2D eigenvalue weighted by atomic mass is 79.9. The van der Waals surface area contributed by atoms with E-state index < -0.39 is 0 Å². The van der Waals surface area contributed by atoms with Gasteiger partial charge in [0.25, 0.3) is 0 Å². The molecule has 0 amide bonds. The van der Waals surface area contributed by atoms with Gasteiger partial charge in [0.2, 0.25) is 0 Å². The van der Waals surface area contributed by atoms with Crippen molar-refractivity contribution in [3.8, 4) is 0 Å². The minimum Gasteiger partial charge on any atom is -0.0654 e. The third kappa shape index (κ3) is 4.12. The van der Waals surface area contributed by atoms with Gasteiger partial charge in [-0.25, -0.2) is 0 Å². The van der Waals surface area contributed by atoms with E-state index in [1.54, 1.807) is 0 Å². The second-order valence-corrected chi connectivity index (χ2v) is 5.44. The van der Waals surface area contributed by atoms with Crippen molar-refractivity contribution >= 4 is 36.3 Å². The first-order chi connectivity index (χ1) is 7.15. The lowest BCUT2D eigenvalue weighted by Crippen LogP contribution is -1.82. The highest BCUT2D eigenvalue weighted by molar-refractivity contribution is 9.16. The molecule has 1 aromatic rings. The van der Waals surface area contributed by atoms with E-state index in [1.165, 1.54) is 32.9 Å². The predicted molar refractivity (Wildman–Crippen MR) is 75.5 cm³/mol. The maximum atomic E-state index is 3.64. The minimum absolute atomic E-state index is 1.10. The number of unbranched alkanes of at least 4 members (excludes halogenated alkanes) is 1. The average molecular weight is 332 g/mol. The van der Waals surface area contributed by atoms with Gasteiger partial charge in [-0.05, 0) is 41.3 Å². The van der Waals surface area contributed by atoms with Gasteiger partial charge in [0.15, 0.2) is 0 Å². The molecule has 0 atom stereocenters. The zero-order chi connectivity index (χ0) is 11.3. The largest absolute Gasteiger partial charge is 0.0654 e. The number of halogens is 2. The summed E-state index contributed by atoms with van der Waals surface area (Å²) in [5, 5.41) is 0. The van der Waals surface area contributed by atoms with Gasteiger partial charge >= 0.3 is 0 Å². The van der Waals surface area contributed by atoms with Gasteiger partial charge in [-0.3, -0.25) is 0 Å². The Hall–Kier alpha value is -0.0800. The number of allylic oxidation sites excluding steroid dienone is 1. The Labute approximate surface area is 109 Å². The maximum Gasteiger partial charge on any atom is 0.0348 e. The zero-order valence-electron chi connectivity index (χ0n) is 9.19. The van der Waals surface area contributed by atoms with Gasteiger partial charge in [-0.1, -0.05) is 59.1 Å². The number of aryl methyl sites for hydroxylation is 1. The number of hydrogen-bond donors (Lipinski definition) is 0. The van der Waals surface area contributed by atoms with Crippen LogP contribution in [0.1, 0.15) is 37.3 Å². The van der Waals surface area contributed by atoms with E-state index in [0.717, 1.165) is 6.42 Å². The fourth-order valence-electron chi connectivity index (χ4n) is 1.30. The van der Waals surface area contributed by atoms with E-state index in [1.807, 2.05) is 0 Å². The summed E-state index contributed by atoms with van der Waals surface area (Å²) in [4.78, 5) is 0. The Bertz CT molecular complexity index is 336. The summed E-state index contributed by atoms with van der Waals surface area (Å²) in [5.41, 5.74) is 2.53. The van der Waals surface area contributed by atoms with Crippen LogP contribution in [0.15, 0.2) is 28.7 Å². The van der Waals surface area contributed by atoms with Crippen LogP contribution in [0, 0.1) is 6.92 Å². The van der Waals surface area contributed by atoms with Crippen molar-refractivity contribution in [1.29, 1.82) is 0 Å². The molecule has 82 valence electrons. The van der Waals surface area contributed by atoms with E-state index in [2.05, 4.69) is 70.0 Å². The van der Waals surface area contributed by atoms with Crippen molar-refractivity contribution in [2.75, 3.05) is 0 Å². The third-order valence-corrected chi connectivity index (χ3v) is 4.55. The van der Waals surface area contributed by atoms with E-state index >= 15 is 0 Å². The summed E-state index contributed by atoms with van der Waals surface area (Å²) >= 11 is 7.27. The molecule has 0 heterocycles. The first-order valence-electron chi connectivity index (χ1n) is 5.26. The molecule has 0 aliphatic carbocycles. The van der Waals surface area contributed by atoms with E-state index in [0.29, 0.717) is 0 Å². The lowest BCUT2D eigenvalue weighted by atomic mass is 10.1. The SMILES string of the molecule is CCCC/C(Br)=C(\Br)c1ccc(C)cc1. The summed E-state index contributed by atoms with van der Waals surface area (Å²) < 4.78 is 2.43. The van der Waals surface area contributed by atoms with Gasteiger partial charge < -0.3 is 0 Å². The Morgan fingerprint density at radius 1 is 1.13 bits per heavy atom. The zero-order valence-corrected chi connectivity index (χ0v) is 12.4. The monoisotopic (exact) mass is 330 g/mol. The quantitative estimate of drug-likeness (QED) is 0.669. The highest BCUT2D eigenvalue weighted by Crippen LogP contribution is 2.31. The van der Waals surface area contributed by atoms with Gasteiger partial charge in [0.1, 0.15) is 0 Å². The molecule has 0 unspecified atom stereocenters. The molecule has 0 fully saturated rings.